The quantitative estimate of drug-likeness (QED) is 0.475. The topological polar surface area (TPSA) is 64.9 Å². The van der Waals surface area contributed by atoms with E-state index < -0.39 is 0 Å². The summed E-state index contributed by atoms with van der Waals surface area (Å²) >= 11 is 0. The van der Waals surface area contributed by atoms with Gasteiger partial charge in [-0.2, -0.15) is 5.26 Å². The minimum atomic E-state index is -0.334. The van der Waals surface area contributed by atoms with Crippen LogP contribution < -0.4 is 10.6 Å². The molecule has 0 spiro atoms. The maximum absolute atomic E-state index is 11.8. The van der Waals surface area contributed by atoms with Gasteiger partial charge in [-0.1, -0.05) is 25.5 Å². The molecule has 4 nitrogen and oxygen atoms in total. The van der Waals surface area contributed by atoms with Gasteiger partial charge in [0.05, 0.1) is 0 Å². The number of nitrogens with one attached hydrogen (secondary N) is 2. The van der Waals surface area contributed by atoms with E-state index in [1.54, 1.807) is 0 Å². The molecule has 0 aliphatic heterocycles. The molecule has 2 N–H and O–H groups in total. The van der Waals surface area contributed by atoms with Crippen molar-refractivity contribution in [2.24, 2.45) is 0 Å². The van der Waals surface area contributed by atoms with Crippen molar-refractivity contribution in [2.45, 2.75) is 33.6 Å². The zero-order chi connectivity index (χ0) is 15.0. The normalized spacial score (nSPS) is 10.8. The first-order valence-electron chi connectivity index (χ1n) is 6.81. The molecule has 0 fully saturated rings. The van der Waals surface area contributed by atoms with Crippen LogP contribution in [0.4, 0.5) is 5.69 Å². The molecule has 0 aliphatic rings. The van der Waals surface area contributed by atoms with E-state index in [0.717, 1.165) is 29.7 Å². The van der Waals surface area contributed by atoms with Gasteiger partial charge in [-0.25, -0.2) is 0 Å². The predicted molar refractivity (Wildman–Crippen MR) is 81.2 cm³/mol. The average Bonchev–Trinajstić information content (AvgIpc) is 2.44. The standard InChI is InChI=1S/C16H21N3O/c1-4-5-9-18-16(20)14(10-17)11-19-15-8-6-7-12(2)13(15)3/h6-8,11,19H,4-5,9H2,1-3H3,(H,18,20)/b14-11-. The van der Waals surface area contributed by atoms with Crippen molar-refractivity contribution in [3.05, 3.63) is 41.1 Å². The molecule has 20 heavy (non-hydrogen) atoms. The molecule has 1 aromatic carbocycles. The Bertz CT molecular complexity index is 541. The molecule has 0 radical (unpaired) electrons. The highest BCUT2D eigenvalue weighted by atomic mass is 16.1. The number of unbranched alkanes of at least 4 members (excludes halogenated alkanes) is 1. The Balaban J connectivity index is 2.73. The van der Waals surface area contributed by atoms with Crippen LogP contribution in [0.15, 0.2) is 30.0 Å². The molecule has 0 aromatic heterocycles. The summed E-state index contributed by atoms with van der Waals surface area (Å²) < 4.78 is 0. The number of hydrogen-bond acceptors (Lipinski definition) is 3. The Morgan fingerprint density at radius 3 is 2.80 bits per heavy atom. The Kier molecular flexibility index (Phi) is 6.31. The van der Waals surface area contributed by atoms with Gasteiger partial charge in [0.25, 0.3) is 5.91 Å². The SMILES string of the molecule is CCCCNC(=O)/C(C#N)=C\Nc1cccc(C)c1C. The first kappa shape index (κ1) is 15.8. The maximum Gasteiger partial charge on any atom is 0.263 e. The van der Waals surface area contributed by atoms with Crippen LogP contribution in [0, 0.1) is 25.2 Å². The highest BCUT2D eigenvalue weighted by molar-refractivity contribution is 5.97. The van der Waals surface area contributed by atoms with Crippen LogP contribution in [-0.4, -0.2) is 12.5 Å². The fourth-order valence-electron chi connectivity index (χ4n) is 1.68. The van der Waals surface area contributed by atoms with E-state index in [-0.39, 0.29) is 11.5 Å². The minimum absolute atomic E-state index is 0.0852. The van der Waals surface area contributed by atoms with E-state index in [1.165, 1.54) is 6.20 Å². The molecule has 0 heterocycles. The summed E-state index contributed by atoms with van der Waals surface area (Å²) in [6.07, 6.45) is 3.38. The highest BCUT2D eigenvalue weighted by Gasteiger charge is 2.08. The minimum Gasteiger partial charge on any atom is -0.360 e. The molecule has 1 rings (SSSR count). The van der Waals surface area contributed by atoms with E-state index in [2.05, 4.69) is 17.6 Å². The largest absolute Gasteiger partial charge is 0.360 e. The molecule has 1 amide bonds. The summed E-state index contributed by atoms with van der Waals surface area (Å²) in [6.45, 7) is 6.67. The molecule has 0 atom stereocenters. The van der Waals surface area contributed by atoms with Crippen molar-refractivity contribution in [2.75, 3.05) is 11.9 Å². The lowest BCUT2D eigenvalue weighted by atomic mass is 10.1. The van der Waals surface area contributed by atoms with Crippen LogP contribution in [0.5, 0.6) is 0 Å². The van der Waals surface area contributed by atoms with E-state index in [9.17, 15) is 4.79 Å². The Labute approximate surface area is 120 Å². The van der Waals surface area contributed by atoms with Gasteiger partial charge in [0.15, 0.2) is 0 Å². The second-order valence-corrected chi connectivity index (χ2v) is 4.67. The number of nitrogens with zero attached hydrogens (tertiary/aromatic N) is 1. The summed E-state index contributed by atoms with van der Waals surface area (Å²) in [5.41, 5.74) is 3.25. The summed E-state index contributed by atoms with van der Waals surface area (Å²) in [6, 6.07) is 7.80. The first-order valence-corrected chi connectivity index (χ1v) is 6.81. The molecule has 1 aromatic rings. The van der Waals surface area contributed by atoms with Gasteiger partial charge >= 0.3 is 0 Å². The zero-order valence-electron chi connectivity index (χ0n) is 12.3. The fourth-order valence-corrected chi connectivity index (χ4v) is 1.68. The lowest BCUT2D eigenvalue weighted by Crippen LogP contribution is -2.25. The molecule has 4 heteroatoms. The Morgan fingerprint density at radius 2 is 2.15 bits per heavy atom. The number of benzene rings is 1. The van der Waals surface area contributed by atoms with Crippen molar-refractivity contribution in [3.8, 4) is 6.07 Å². The Morgan fingerprint density at radius 1 is 1.40 bits per heavy atom. The van der Waals surface area contributed by atoms with Crippen molar-refractivity contribution in [3.63, 3.8) is 0 Å². The van der Waals surface area contributed by atoms with Crippen LogP contribution in [-0.2, 0) is 4.79 Å². The van der Waals surface area contributed by atoms with E-state index >= 15 is 0 Å². The van der Waals surface area contributed by atoms with E-state index in [1.807, 2.05) is 38.1 Å². The molecular formula is C16H21N3O. The number of rotatable bonds is 6. The summed E-state index contributed by atoms with van der Waals surface area (Å²) in [5, 5.41) is 14.8. The number of aryl methyl sites for hydroxylation is 1. The predicted octanol–water partition coefficient (Wildman–Crippen LogP) is 3.04. The third-order valence-electron chi connectivity index (χ3n) is 3.16. The van der Waals surface area contributed by atoms with Crippen LogP contribution in [0.2, 0.25) is 0 Å². The number of carbonyl (C=O) groups is 1. The summed E-state index contributed by atoms with van der Waals surface area (Å²) in [7, 11) is 0. The summed E-state index contributed by atoms with van der Waals surface area (Å²) in [4.78, 5) is 11.8. The average molecular weight is 271 g/mol. The van der Waals surface area contributed by atoms with Crippen LogP contribution in [0.25, 0.3) is 0 Å². The number of hydrogen-bond donors (Lipinski definition) is 2. The van der Waals surface area contributed by atoms with Crippen LogP contribution in [0.3, 0.4) is 0 Å². The lowest BCUT2D eigenvalue weighted by Gasteiger charge is -2.08. The van der Waals surface area contributed by atoms with Crippen LogP contribution >= 0.6 is 0 Å². The van der Waals surface area contributed by atoms with Gasteiger partial charge in [-0.3, -0.25) is 4.79 Å². The molecule has 106 valence electrons. The van der Waals surface area contributed by atoms with Gasteiger partial charge < -0.3 is 10.6 Å². The monoisotopic (exact) mass is 271 g/mol. The number of carbonyl (C=O) groups excluding carboxylic acids is 1. The lowest BCUT2D eigenvalue weighted by molar-refractivity contribution is -0.117. The van der Waals surface area contributed by atoms with Gasteiger partial charge in [0, 0.05) is 18.4 Å². The molecule has 0 aliphatic carbocycles. The van der Waals surface area contributed by atoms with Crippen molar-refractivity contribution >= 4 is 11.6 Å². The van der Waals surface area contributed by atoms with Gasteiger partial charge in [-0.05, 0) is 37.5 Å². The number of amides is 1. The van der Waals surface area contributed by atoms with Crippen molar-refractivity contribution in [1.82, 2.24) is 5.32 Å². The van der Waals surface area contributed by atoms with Gasteiger partial charge in [-0.15, -0.1) is 0 Å². The zero-order valence-corrected chi connectivity index (χ0v) is 12.3. The second kappa shape index (κ2) is 8.00. The van der Waals surface area contributed by atoms with Crippen molar-refractivity contribution < 1.29 is 4.79 Å². The van der Waals surface area contributed by atoms with Gasteiger partial charge in [0.2, 0.25) is 0 Å². The van der Waals surface area contributed by atoms with E-state index in [4.69, 9.17) is 5.26 Å². The molecule has 0 unspecified atom stereocenters. The molecule has 0 saturated heterocycles. The first-order chi connectivity index (χ1) is 9.60. The highest BCUT2D eigenvalue weighted by Crippen LogP contribution is 2.18. The molecular weight excluding hydrogens is 250 g/mol. The maximum atomic E-state index is 11.8. The number of anilines is 1. The van der Waals surface area contributed by atoms with Gasteiger partial charge in [0.1, 0.15) is 11.6 Å². The van der Waals surface area contributed by atoms with E-state index in [0.29, 0.717) is 6.54 Å². The number of nitriles is 1. The third-order valence-corrected chi connectivity index (χ3v) is 3.16. The fraction of sp³-hybridized carbons (Fsp3) is 0.375. The third kappa shape index (κ3) is 4.43. The Hall–Kier alpha value is -2.28. The molecule has 0 bridgehead atoms. The van der Waals surface area contributed by atoms with Crippen LogP contribution in [0.1, 0.15) is 30.9 Å². The smallest absolute Gasteiger partial charge is 0.263 e. The second-order valence-electron chi connectivity index (χ2n) is 4.67. The summed E-state index contributed by atoms with van der Waals surface area (Å²) in [5.74, 6) is -0.334. The molecule has 0 saturated carbocycles. The van der Waals surface area contributed by atoms with Crippen molar-refractivity contribution in [1.29, 1.82) is 5.26 Å².